The number of para-hydroxylation sites is 2. The van der Waals surface area contributed by atoms with E-state index in [-0.39, 0.29) is 43.8 Å². The Morgan fingerprint density at radius 1 is 1.33 bits per heavy atom. The van der Waals surface area contributed by atoms with Gasteiger partial charge in [-0.15, -0.1) is 0 Å². The molecule has 0 radical (unpaired) electrons. The second kappa shape index (κ2) is 7.81. The van der Waals surface area contributed by atoms with Crippen LogP contribution in [0.4, 0.5) is 5.69 Å². The molecule has 7 heteroatoms. The van der Waals surface area contributed by atoms with Gasteiger partial charge in [-0.05, 0) is 18.1 Å². The van der Waals surface area contributed by atoms with Crippen LogP contribution in [-0.4, -0.2) is 54.0 Å². The molecular weight excluding hydrogens is 312 g/mol. The van der Waals surface area contributed by atoms with Crippen molar-refractivity contribution >= 4 is 23.5 Å². The zero-order valence-electron chi connectivity index (χ0n) is 13.9. The lowest BCUT2D eigenvalue weighted by atomic mass is 10.2. The van der Waals surface area contributed by atoms with E-state index >= 15 is 0 Å². The van der Waals surface area contributed by atoms with Crippen LogP contribution >= 0.6 is 0 Å². The lowest BCUT2D eigenvalue weighted by Gasteiger charge is -2.30. The predicted molar refractivity (Wildman–Crippen MR) is 88.0 cm³/mol. The molecule has 24 heavy (non-hydrogen) atoms. The number of rotatable bonds is 7. The van der Waals surface area contributed by atoms with Gasteiger partial charge in [-0.3, -0.25) is 14.4 Å². The van der Waals surface area contributed by atoms with Gasteiger partial charge in [0.2, 0.25) is 5.91 Å². The molecule has 0 saturated heterocycles. The molecule has 1 aliphatic rings. The third-order valence-corrected chi connectivity index (χ3v) is 3.62. The van der Waals surface area contributed by atoms with Crippen LogP contribution in [0, 0.1) is 5.92 Å². The Morgan fingerprint density at radius 3 is 2.71 bits per heavy atom. The molecule has 1 aromatic carbocycles. The van der Waals surface area contributed by atoms with Crippen molar-refractivity contribution in [2.75, 3.05) is 31.1 Å². The Balaban J connectivity index is 2.04. The SMILES string of the molecule is CC(C)CN(CC(=O)O)C(=O)CCN1C(=O)COc2ccccc21. The number of carbonyl (C=O) groups excluding carboxylic acids is 2. The van der Waals surface area contributed by atoms with Gasteiger partial charge in [0.1, 0.15) is 12.3 Å². The lowest BCUT2D eigenvalue weighted by Crippen LogP contribution is -2.43. The van der Waals surface area contributed by atoms with Gasteiger partial charge in [-0.25, -0.2) is 0 Å². The van der Waals surface area contributed by atoms with Gasteiger partial charge < -0.3 is 19.6 Å². The van der Waals surface area contributed by atoms with Crippen LogP contribution in [0.15, 0.2) is 24.3 Å². The van der Waals surface area contributed by atoms with Crippen molar-refractivity contribution in [1.82, 2.24) is 4.90 Å². The fourth-order valence-corrected chi connectivity index (χ4v) is 2.62. The predicted octanol–water partition coefficient (Wildman–Crippen LogP) is 1.37. The molecule has 7 nitrogen and oxygen atoms in total. The number of carboxylic acid groups (broad SMARTS) is 1. The standard InChI is InChI=1S/C17H22N2O5/c1-12(2)9-18(10-17(22)23)15(20)7-8-19-13-5-3-4-6-14(13)24-11-16(19)21/h3-6,12H,7-11H2,1-2H3,(H,22,23). The number of ether oxygens (including phenoxy) is 1. The highest BCUT2D eigenvalue weighted by Crippen LogP contribution is 2.31. The number of nitrogens with zero attached hydrogens (tertiary/aromatic N) is 2. The molecule has 0 spiro atoms. The topological polar surface area (TPSA) is 87.2 Å². The molecule has 1 heterocycles. The third kappa shape index (κ3) is 4.47. The van der Waals surface area contributed by atoms with Crippen molar-refractivity contribution in [1.29, 1.82) is 0 Å². The fraction of sp³-hybridized carbons (Fsp3) is 0.471. The Bertz CT molecular complexity index is 629. The molecule has 0 atom stereocenters. The average molecular weight is 334 g/mol. The summed E-state index contributed by atoms with van der Waals surface area (Å²) < 4.78 is 5.36. The first kappa shape index (κ1) is 17.8. The van der Waals surface area contributed by atoms with E-state index < -0.39 is 5.97 Å². The summed E-state index contributed by atoms with van der Waals surface area (Å²) in [5, 5.41) is 8.96. The Morgan fingerprint density at radius 2 is 2.04 bits per heavy atom. The van der Waals surface area contributed by atoms with Crippen LogP contribution in [0.25, 0.3) is 0 Å². The van der Waals surface area contributed by atoms with E-state index in [0.29, 0.717) is 18.0 Å². The van der Waals surface area contributed by atoms with Crippen molar-refractivity contribution in [3.8, 4) is 5.75 Å². The molecule has 1 aliphatic heterocycles. The Labute approximate surface area is 140 Å². The highest BCUT2D eigenvalue weighted by molar-refractivity contribution is 5.98. The second-order valence-corrected chi connectivity index (χ2v) is 6.11. The fourth-order valence-electron chi connectivity index (χ4n) is 2.62. The highest BCUT2D eigenvalue weighted by Gasteiger charge is 2.26. The largest absolute Gasteiger partial charge is 0.482 e. The van der Waals surface area contributed by atoms with Crippen LogP contribution in [0.3, 0.4) is 0 Å². The van der Waals surface area contributed by atoms with Crippen molar-refractivity contribution in [2.45, 2.75) is 20.3 Å². The molecule has 2 amide bonds. The van der Waals surface area contributed by atoms with Crippen LogP contribution in [0.1, 0.15) is 20.3 Å². The summed E-state index contributed by atoms with van der Waals surface area (Å²) in [6.07, 6.45) is 0.0695. The van der Waals surface area contributed by atoms with Gasteiger partial charge in [0, 0.05) is 19.5 Å². The van der Waals surface area contributed by atoms with Crippen molar-refractivity contribution in [2.24, 2.45) is 5.92 Å². The normalized spacial score (nSPS) is 13.5. The van der Waals surface area contributed by atoms with Gasteiger partial charge in [0.05, 0.1) is 5.69 Å². The maximum atomic E-state index is 12.4. The van der Waals surface area contributed by atoms with E-state index in [9.17, 15) is 14.4 Å². The molecule has 0 unspecified atom stereocenters. The minimum absolute atomic E-state index is 0.0595. The smallest absolute Gasteiger partial charge is 0.323 e. The molecule has 0 fully saturated rings. The maximum absolute atomic E-state index is 12.4. The number of anilines is 1. The summed E-state index contributed by atoms with van der Waals surface area (Å²) in [6.45, 7) is 4.03. The average Bonchev–Trinajstić information content (AvgIpc) is 2.52. The van der Waals surface area contributed by atoms with E-state index in [1.54, 1.807) is 18.2 Å². The summed E-state index contributed by atoms with van der Waals surface area (Å²) in [5.74, 6) is -0.761. The quantitative estimate of drug-likeness (QED) is 0.814. The second-order valence-electron chi connectivity index (χ2n) is 6.11. The maximum Gasteiger partial charge on any atom is 0.323 e. The van der Waals surface area contributed by atoms with Gasteiger partial charge in [-0.2, -0.15) is 0 Å². The number of hydrogen-bond donors (Lipinski definition) is 1. The van der Waals surface area contributed by atoms with Gasteiger partial charge in [0.15, 0.2) is 6.61 Å². The summed E-state index contributed by atoms with van der Waals surface area (Å²) in [6, 6.07) is 7.15. The molecular formula is C17H22N2O5. The number of fused-ring (bicyclic) bond motifs is 1. The first-order valence-corrected chi connectivity index (χ1v) is 7.90. The minimum Gasteiger partial charge on any atom is -0.482 e. The van der Waals surface area contributed by atoms with E-state index in [1.165, 1.54) is 9.80 Å². The highest BCUT2D eigenvalue weighted by atomic mass is 16.5. The minimum atomic E-state index is -1.04. The molecule has 1 aromatic rings. The van der Waals surface area contributed by atoms with Crippen molar-refractivity contribution in [3.63, 3.8) is 0 Å². The summed E-state index contributed by atoms with van der Waals surface area (Å²) in [4.78, 5) is 38.2. The van der Waals surface area contributed by atoms with Crippen LogP contribution in [0.2, 0.25) is 0 Å². The van der Waals surface area contributed by atoms with Gasteiger partial charge in [-0.1, -0.05) is 26.0 Å². The van der Waals surface area contributed by atoms with E-state index in [4.69, 9.17) is 9.84 Å². The number of carbonyl (C=O) groups is 3. The summed E-state index contributed by atoms with van der Waals surface area (Å²) in [7, 11) is 0. The summed E-state index contributed by atoms with van der Waals surface area (Å²) in [5.41, 5.74) is 0.634. The van der Waals surface area contributed by atoms with Crippen molar-refractivity contribution < 1.29 is 24.2 Å². The van der Waals surface area contributed by atoms with Crippen LogP contribution in [-0.2, 0) is 14.4 Å². The number of hydrogen-bond acceptors (Lipinski definition) is 4. The van der Waals surface area contributed by atoms with Crippen LogP contribution < -0.4 is 9.64 Å². The number of amides is 2. The summed E-state index contributed by atoms with van der Waals surface area (Å²) >= 11 is 0. The molecule has 1 N–H and O–H groups in total. The zero-order chi connectivity index (χ0) is 17.7. The Hall–Kier alpha value is -2.57. The number of benzene rings is 1. The molecule has 2 rings (SSSR count). The van der Waals surface area contributed by atoms with Gasteiger partial charge in [0.25, 0.3) is 5.91 Å². The van der Waals surface area contributed by atoms with E-state index in [0.717, 1.165) is 0 Å². The third-order valence-electron chi connectivity index (χ3n) is 3.62. The van der Waals surface area contributed by atoms with Crippen molar-refractivity contribution in [3.05, 3.63) is 24.3 Å². The molecule has 0 aromatic heterocycles. The van der Waals surface area contributed by atoms with Gasteiger partial charge >= 0.3 is 5.97 Å². The Kier molecular flexibility index (Phi) is 5.78. The number of carboxylic acids is 1. The molecule has 0 bridgehead atoms. The zero-order valence-corrected chi connectivity index (χ0v) is 13.9. The monoisotopic (exact) mass is 334 g/mol. The van der Waals surface area contributed by atoms with Crippen LogP contribution in [0.5, 0.6) is 5.75 Å². The molecule has 130 valence electrons. The molecule has 0 saturated carbocycles. The lowest BCUT2D eigenvalue weighted by molar-refractivity contribution is -0.144. The van der Waals surface area contributed by atoms with E-state index in [1.807, 2.05) is 19.9 Å². The number of aliphatic carboxylic acids is 1. The molecule has 0 aliphatic carbocycles. The first-order valence-electron chi connectivity index (χ1n) is 7.90. The first-order chi connectivity index (χ1) is 11.4. The van der Waals surface area contributed by atoms with E-state index in [2.05, 4.69) is 0 Å².